The Balaban J connectivity index is 1.73. The number of halogens is 1. The van der Waals surface area contributed by atoms with Crippen LogP contribution in [0, 0.1) is 13.8 Å². The first-order chi connectivity index (χ1) is 11.1. The van der Waals surface area contributed by atoms with Gasteiger partial charge in [0.25, 0.3) is 0 Å². The molecule has 23 heavy (non-hydrogen) atoms. The van der Waals surface area contributed by atoms with E-state index in [9.17, 15) is 0 Å². The summed E-state index contributed by atoms with van der Waals surface area (Å²) in [6, 6.07) is 6.54. The third-order valence-corrected chi connectivity index (χ3v) is 5.58. The van der Waals surface area contributed by atoms with E-state index >= 15 is 0 Å². The maximum absolute atomic E-state index is 5.83. The van der Waals surface area contributed by atoms with Crippen molar-refractivity contribution in [2.45, 2.75) is 45.9 Å². The Hall–Kier alpha value is -0.820. The van der Waals surface area contributed by atoms with Crippen LogP contribution < -0.4 is 0 Å². The third kappa shape index (κ3) is 4.83. The summed E-state index contributed by atoms with van der Waals surface area (Å²) in [6.07, 6.45) is 2.67. The third-order valence-electron chi connectivity index (χ3n) is 4.02. The molecule has 0 aliphatic carbocycles. The maximum atomic E-state index is 5.83. The largest absolute Gasteiger partial charge is 0.377 e. The standard InChI is InChI=1S/C17H22BrN3OS/c1-12-5-6-14(16(18)8-12)9-21(10-15-4-3-7-22-15)11-17-20-19-13(2)23-17/h5-6,8,15H,3-4,7,9-11H2,1-2H3. The molecule has 0 spiro atoms. The van der Waals surface area contributed by atoms with Gasteiger partial charge in [-0.2, -0.15) is 0 Å². The highest BCUT2D eigenvalue weighted by Gasteiger charge is 2.21. The van der Waals surface area contributed by atoms with E-state index in [4.69, 9.17) is 4.74 Å². The lowest BCUT2D eigenvalue weighted by atomic mass is 10.1. The highest BCUT2D eigenvalue weighted by molar-refractivity contribution is 9.10. The summed E-state index contributed by atoms with van der Waals surface area (Å²) in [6.45, 7) is 7.67. The van der Waals surface area contributed by atoms with E-state index in [1.54, 1.807) is 11.3 Å². The normalized spacial score (nSPS) is 18.0. The van der Waals surface area contributed by atoms with Crippen LogP contribution in [0.25, 0.3) is 0 Å². The fourth-order valence-electron chi connectivity index (χ4n) is 2.88. The van der Waals surface area contributed by atoms with Crippen LogP contribution >= 0.6 is 27.3 Å². The van der Waals surface area contributed by atoms with Gasteiger partial charge < -0.3 is 4.74 Å². The van der Waals surface area contributed by atoms with Crippen molar-refractivity contribution in [3.05, 3.63) is 43.8 Å². The number of hydrogen-bond acceptors (Lipinski definition) is 5. The molecule has 1 atom stereocenters. The molecule has 1 aliphatic rings. The molecule has 0 saturated carbocycles. The highest BCUT2D eigenvalue weighted by Crippen LogP contribution is 2.23. The molecule has 6 heteroatoms. The summed E-state index contributed by atoms with van der Waals surface area (Å²) in [5.41, 5.74) is 2.57. The van der Waals surface area contributed by atoms with Gasteiger partial charge in [-0.25, -0.2) is 0 Å². The van der Waals surface area contributed by atoms with E-state index < -0.39 is 0 Å². The predicted molar refractivity (Wildman–Crippen MR) is 96.6 cm³/mol. The quantitative estimate of drug-likeness (QED) is 0.737. The van der Waals surface area contributed by atoms with Crippen LogP contribution in [0.2, 0.25) is 0 Å². The molecule has 1 saturated heterocycles. The van der Waals surface area contributed by atoms with Gasteiger partial charge in [0.15, 0.2) is 0 Å². The first-order valence-corrected chi connectivity index (χ1v) is 9.59. The summed E-state index contributed by atoms with van der Waals surface area (Å²) in [5.74, 6) is 0. The van der Waals surface area contributed by atoms with Crippen molar-refractivity contribution in [3.8, 4) is 0 Å². The Labute approximate surface area is 150 Å². The molecule has 2 aromatic rings. The number of aryl methyl sites for hydroxylation is 2. The van der Waals surface area contributed by atoms with E-state index in [1.807, 2.05) is 6.92 Å². The molecular formula is C17H22BrN3OS. The number of ether oxygens (including phenoxy) is 1. The SMILES string of the molecule is Cc1ccc(CN(Cc2nnc(C)s2)CC2CCCO2)c(Br)c1. The molecule has 1 aromatic carbocycles. The summed E-state index contributed by atoms with van der Waals surface area (Å²) >= 11 is 5.37. The van der Waals surface area contributed by atoms with Gasteiger partial charge in [0.2, 0.25) is 0 Å². The van der Waals surface area contributed by atoms with Crippen molar-refractivity contribution in [2.24, 2.45) is 0 Å². The first-order valence-electron chi connectivity index (χ1n) is 7.98. The van der Waals surface area contributed by atoms with E-state index in [0.717, 1.165) is 42.7 Å². The Kier molecular flexibility index (Phi) is 5.80. The average Bonchev–Trinajstić information content (AvgIpc) is 3.14. The van der Waals surface area contributed by atoms with E-state index in [1.165, 1.54) is 22.0 Å². The van der Waals surface area contributed by atoms with Gasteiger partial charge >= 0.3 is 0 Å². The number of benzene rings is 1. The predicted octanol–water partition coefficient (Wildman–Crippen LogP) is 4.10. The first kappa shape index (κ1) is 17.0. The van der Waals surface area contributed by atoms with Crippen molar-refractivity contribution in [1.29, 1.82) is 0 Å². The van der Waals surface area contributed by atoms with Gasteiger partial charge in [-0.3, -0.25) is 4.90 Å². The van der Waals surface area contributed by atoms with Crippen LogP contribution in [0.15, 0.2) is 22.7 Å². The Morgan fingerprint density at radius 2 is 2.17 bits per heavy atom. The van der Waals surface area contributed by atoms with E-state index in [0.29, 0.717) is 6.10 Å². The second kappa shape index (κ2) is 7.83. The van der Waals surface area contributed by atoms with Crippen LogP contribution in [-0.4, -0.2) is 34.4 Å². The Morgan fingerprint density at radius 3 is 2.83 bits per heavy atom. The molecular weight excluding hydrogens is 374 g/mol. The highest BCUT2D eigenvalue weighted by atomic mass is 79.9. The maximum Gasteiger partial charge on any atom is 0.131 e. The fourth-order valence-corrected chi connectivity index (χ4v) is 4.25. The van der Waals surface area contributed by atoms with Crippen molar-refractivity contribution in [2.75, 3.05) is 13.2 Å². The molecule has 1 unspecified atom stereocenters. The Morgan fingerprint density at radius 1 is 1.30 bits per heavy atom. The van der Waals surface area contributed by atoms with Crippen LogP contribution in [0.1, 0.15) is 34.0 Å². The summed E-state index contributed by atoms with van der Waals surface area (Å²) in [5, 5.41) is 10.5. The lowest BCUT2D eigenvalue weighted by molar-refractivity contribution is 0.0677. The molecule has 3 rings (SSSR count). The molecule has 0 amide bonds. The molecule has 1 aromatic heterocycles. The minimum absolute atomic E-state index is 0.341. The zero-order chi connectivity index (χ0) is 16.2. The number of hydrogen-bond donors (Lipinski definition) is 0. The van der Waals surface area contributed by atoms with Gasteiger partial charge in [0, 0.05) is 24.2 Å². The van der Waals surface area contributed by atoms with Gasteiger partial charge in [0.05, 0.1) is 12.6 Å². The minimum atomic E-state index is 0.341. The molecule has 1 fully saturated rings. The van der Waals surface area contributed by atoms with Crippen molar-refractivity contribution in [1.82, 2.24) is 15.1 Å². The fraction of sp³-hybridized carbons (Fsp3) is 0.529. The Bertz CT molecular complexity index is 655. The molecule has 2 heterocycles. The number of aromatic nitrogens is 2. The van der Waals surface area contributed by atoms with Gasteiger partial charge in [-0.05, 0) is 43.9 Å². The monoisotopic (exact) mass is 395 g/mol. The van der Waals surface area contributed by atoms with Crippen LogP contribution in [0.5, 0.6) is 0 Å². The van der Waals surface area contributed by atoms with Crippen molar-refractivity contribution < 1.29 is 4.74 Å². The number of rotatable bonds is 6. The molecule has 0 bridgehead atoms. The van der Waals surface area contributed by atoms with Crippen LogP contribution in [-0.2, 0) is 17.8 Å². The minimum Gasteiger partial charge on any atom is -0.377 e. The lowest BCUT2D eigenvalue weighted by Gasteiger charge is -2.24. The smallest absolute Gasteiger partial charge is 0.131 e. The van der Waals surface area contributed by atoms with Crippen LogP contribution in [0.4, 0.5) is 0 Å². The molecule has 1 aliphatic heterocycles. The summed E-state index contributed by atoms with van der Waals surface area (Å²) in [7, 11) is 0. The molecule has 124 valence electrons. The van der Waals surface area contributed by atoms with Crippen molar-refractivity contribution in [3.63, 3.8) is 0 Å². The van der Waals surface area contributed by atoms with Crippen LogP contribution in [0.3, 0.4) is 0 Å². The van der Waals surface area contributed by atoms with Gasteiger partial charge in [-0.1, -0.05) is 28.1 Å². The molecule has 0 N–H and O–H groups in total. The van der Waals surface area contributed by atoms with Gasteiger partial charge in [0.1, 0.15) is 10.0 Å². The zero-order valence-electron chi connectivity index (χ0n) is 13.6. The zero-order valence-corrected chi connectivity index (χ0v) is 16.0. The second-order valence-electron chi connectivity index (χ2n) is 6.11. The summed E-state index contributed by atoms with van der Waals surface area (Å²) in [4.78, 5) is 2.42. The lowest BCUT2D eigenvalue weighted by Crippen LogP contribution is -2.31. The molecule has 0 radical (unpaired) electrons. The topological polar surface area (TPSA) is 38.2 Å². The summed E-state index contributed by atoms with van der Waals surface area (Å²) < 4.78 is 7.00. The van der Waals surface area contributed by atoms with E-state index in [2.05, 4.69) is 56.2 Å². The number of nitrogens with zero attached hydrogens (tertiary/aromatic N) is 3. The van der Waals surface area contributed by atoms with Crippen molar-refractivity contribution >= 4 is 27.3 Å². The molecule has 4 nitrogen and oxygen atoms in total. The van der Waals surface area contributed by atoms with E-state index in [-0.39, 0.29) is 0 Å². The average molecular weight is 396 g/mol. The van der Waals surface area contributed by atoms with Gasteiger partial charge in [-0.15, -0.1) is 21.5 Å². The second-order valence-corrected chi connectivity index (χ2v) is 8.23.